The Morgan fingerprint density at radius 1 is 1.33 bits per heavy atom. The van der Waals surface area contributed by atoms with Crippen LogP contribution in [0.5, 0.6) is 0 Å². The summed E-state index contributed by atoms with van der Waals surface area (Å²) in [6.45, 7) is 3.37. The van der Waals surface area contributed by atoms with Crippen molar-refractivity contribution in [3.63, 3.8) is 0 Å². The molecule has 1 fully saturated rings. The van der Waals surface area contributed by atoms with Crippen LogP contribution in [-0.2, 0) is 0 Å². The number of urea groups is 1. The first-order chi connectivity index (χ1) is 11.6. The minimum atomic E-state index is -0.235. The van der Waals surface area contributed by atoms with E-state index in [1.54, 1.807) is 35.4 Å². The molecule has 0 spiro atoms. The molecule has 1 N–H and O–H groups in total. The number of anilines is 1. The van der Waals surface area contributed by atoms with E-state index in [0.29, 0.717) is 18.9 Å². The number of nitrogens with zero attached hydrogens (tertiary/aromatic N) is 3. The molecule has 2 heterocycles. The molecule has 3 rings (SSSR count). The Morgan fingerprint density at radius 2 is 2.12 bits per heavy atom. The molecule has 1 unspecified atom stereocenters. The Balaban J connectivity index is 1.62. The minimum Gasteiger partial charge on any atom is -0.324 e. The molecule has 2 amide bonds. The fourth-order valence-electron chi connectivity index (χ4n) is 2.78. The monoisotopic (exact) mass is 326 g/mol. The zero-order chi connectivity index (χ0) is 16.9. The lowest BCUT2D eigenvalue weighted by Crippen LogP contribution is -2.42. The number of amides is 2. The zero-order valence-corrected chi connectivity index (χ0v) is 13.4. The summed E-state index contributed by atoms with van der Waals surface area (Å²) in [5.41, 5.74) is 2.25. The lowest BCUT2D eigenvalue weighted by atomic mass is 9.91. The Bertz CT molecular complexity index is 730. The molecule has 1 aliphatic rings. The second-order valence-corrected chi connectivity index (χ2v) is 5.91. The summed E-state index contributed by atoms with van der Waals surface area (Å²) in [6.07, 6.45) is 4.44. The number of rotatable bonds is 2. The van der Waals surface area contributed by atoms with Gasteiger partial charge in [0.05, 0.1) is 0 Å². The molecule has 2 aromatic rings. The quantitative estimate of drug-likeness (QED) is 0.918. The van der Waals surface area contributed by atoms with Crippen LogP contribution in [0, 0.1) is 11.7 Å². The molecule has 24 heavy (non-hydrogen) atoms. The third-order valence-corrected chi connectivity index (χ3v) is 4.11. The number of likely N-dealkylation sites (tertiary alicyclic amines) is 1. The number of halogens is 1. The van der Waals surface area contributed by atoms with E-state index in [1.165, 1.54) is 17.7 Å². The van der Waals surface area contributed by atoms with Crippen molar-refractivity contribution in [1.29, 1.82) is 0 Å². The highest BCUT2D eigenvalue weighted by molar-refractivity contribution is 5.88. The Kier molecular flexibility index (Phi) is 4.84. The van der Waals surface area contributed by atoms with Gasteiger partial charge in [-0.05, 0) is 42.2 Å². The van der Waals surface area contributed by atoms with Gasteiger partial charge in [0.2, 0.25) is 0 Å². The topological polar surface area (TPSA) is 58.1 Å². The fraction of sp³-hybridized carbons (Fsp3) is 0.278. The third-order valence-electron chi connectivity index (χ3n) is 4.11. The average molecular weight is 326 g/mol. The molecule has 1 atom stereocenters. The summed E-state index contributed by atoms with van der Waals surface area (Å²) in [7, 11) is 0. The molecule has 5 nitrogen and oxygen atoms in total. The predicted molar refractivity (Wildman–Crippen MR) is 90.8 cm³/mol. The first kappa shape index (κ1) is 16.1. The summed E-state index contributed by atoms with van der Waals surface area (Å²) in [5.74, 6) is 0.458. The van der Waals surface area contributed by atoms with Crippen molar-refractivity contribution in [1.82, 2.24) is 15.1 Å². The molecule has 6 heteroatoms. The van der Waals surface area contributed by atoms with Gasteiger partial charge in [0.1, 0.15) is 5.82 Å². The van der Waals surface area contributed by atoms with E-state index in [2.05, 4.69) is 28.5 Å². The predicted octanol–water partition coefficient (Wildman–Crippen LogP) is 3.57. The van der Waals surface area contributed by atoms with Crippen LogP contribution >= 0.6 is 0 Å². The van der Waals surface area contributed by atoms with Gasteiger partial charge in [-0.25, -0.2) is 9.18 Å². The second kappa shape index (κ2) is 7.21. The molecule has 1 aromatic carbocycles. The largest absolute Gasteiger partial charge is 0.324 e. The van der Waals surface area contributed by atoms with Gasteiger partial charge in [0, 0.05) is 19.3 Å². The number of piperidine rings is 1. The van der Waals surface area contributed by atoms with Crippen molar-refractivity contribution in [2.75, 3.05) is 18.4 Å². The number of hydrogen-bond donors (Lipinski definition) is 1. The van der Waals surface area contributed by atoms with Crippen LogP contribution in [0.2, 0.25) is 0 Å². The van der Waals surface area contributed by atoms with Crippen molar-refractivity contribution in [2.24, 2.45) is 5.92 Å². The van der Waals surface area contributed by atoms with Gasteiger partial charge in [0.25, 0.3) is 0 Å². The van der Waals surface area contributed by atoms with Gasteiger partial charge in [-0.1, -0.05) is 30.7 Å². The highest BCUT2D eigenvalue weighted by Gasteiger charge is 2.24. The van der Waals surface area contributed by atoms with Crippen LogP contribution < -0.4 is 5.32 Å². The number of hydrogen-bond acceptors (Lipinski definition) is 3. The van der Waals surface area contributed by atoms with E-state index < -0.39 is 0 Å². The Labute approximate surface area is 140 Å². The zero-order valence-electron chi connectivity index (χ0n) is 13.4. The van der Waals surface area contributed by atoms with Crippen molar-refractivity contribution in [3.05, 3.63) is 59.5 Å². The van der Waals surface area contributed by atoms with Gasteiger partial charge in [0.15, 0.2) is 5.82 Å². The first-order valence-corrected chi connectivity index (χ1v) is 7.91. The van der Waals surface area contributed by atoms with Crippen LogP contribution in [0.15, 0.2) is 48.2 Å². The van der Waals surface area contributed by atoms with Gasteiger partial charge in [-0.15, -0.1) is 5.10 Å². The highest BCUT2D eigenvalue weighted by Crippen LogP contribution is 2.25. The van der Waals surface area contributed by atoms with Crippen molar-refractivity contribution < 1.29 is 9.18 Å². The van der Waals surface area contributed by atoms with E-state index in [-0.39, 0.29) is 17.8 Å². The van der Waals surface area contributed by atoms with Crippen LogP contribution in [0.1, 0.15) is 18.9 Å². The van der Waals surface area contributed by atoms with E-state index in [4.69, 9.17) is 0 Å². The van der Waals surface area contributed by atoms with Crippen LogP contribution in [0.3, 0.4) is 0 Å². The van der Waals surface area contributed by atoms with Gasteiger partial charge < -0.3 is 4.90 Å². The van der Waals surface area contributed by atoms with E-state index >= 15 is 0 Å². The smallest absolute Gasteiger partial charge is 0.323 e. The maximum Gasteiger partial charge on any atom is 0.323 e. The average Bonchev–Trinajstić information content (AvgIpc) is 2.59. The minimum absolute atomic E-state index is 0.164. The maximum atomic E-state index is 13.0. The van der Waals surface area contributed by atoms with Gasteiger partial charge in [-0.2, -0.15) is 5.10 Å². The molecular formula is C18H19FN4O. The molecular weight excluding hydrogens is 307 g/mol. The standard InChI is InChI=1S/C18H19FN4O/c1-13-12-23(18(24)21-17-3-2-9-20-22-17)10-8-15(13)11-14-4-6-16(19)7-5-14/h2-7,9,11,13H,8,10,12H2,1H3,(H,21,22,24). The summed E-state index contributed by atoms with van der Waals surface area (Å²) in [6, 6.07) is 9.72. The summed E-state index contributed by atoms with van der Waals surface area (Å²) in [4.78, 5) is 14.1. The Hall–Kier alpha value is -2.76. The van der Waals surface area contributed by atoms with E-state index in [1.807, 2.05) is 0 Å². The summed E-state index contributed by atoms with van der Waals surface area (Å²) >= 11 is 0. The van der Waals surface area contributed by atoms with E-state index in [0.717, 1.165) is 12.0 Å². The van der Waals surface area contributed by atoms with Crippen molar-refractivity contribution in [2.45, 2.75) is 13.3 Å². The lowest BCUT2D eigenvalue weighted by Gasteiger charge is -2.33. The molecule has 0 aliphatic carbocycles. The second-order valence-electron chi connectivity index (χ2n) is 5.91. The van der Waals surface area contributed by atoms with Gasteiger partial charge >= 0.3 is 6.03 Å². The number of carbonyl (C=O) groups is 1. The van der Waals surface area contributed by atoms with Crippen molar-refractivity contribution >= 4 is 17.9 Å². The number of aromatic nitrogens is 2. The normalized spacial score (nSPS) is 19.3. The highest BCUT2D eigenvalue weighted by atomic mass is 19.1. The van der Waals surface area contributed by atoms with Crippen LogP contribution in [-0.4, -0.2) is 34.2 Å². The fourth-order valence-corrected chi connectivity index (χ4v) is 2.78. The third kappa shape index (κ3) is 3.95. The SMILES string of the molecule is CC1CN(C(=O)Nc2cccnn2)CCC1=Cc1ccc(F)cc1. The number of carbonyl (C=O) groups excluding carboxylic acids is 1. The number of benzene rings is 1. The van der Waals surface area contributed by atoms with Crippen LogP contribution in [0.4, 0.5) is 15.0 Å². The maximum absolute atomic E-state index is 13.0. The molecule has 0 bridgehead atoms. The molecule has 1 aromatic heterocycles. The number of nitrogens with one attached hydrogen (secondary N) is 1. The van der Waals surface area contributed by atoms with Crippen molar-refractivity contribution in [3.8, 4) is 0 Å². The first-order valence-electron chi connectivity index (χ1n) is 7.91. The molecule has 0 saturated carbocycles. The van der Waals surface area contributed by atoms with E-state index in [9.17, 15) is 9.18 Å². The van der Waals surface area contributed by atoms with Gasteiger partial charge in [-0.3, -0.25) is 5.32 Å². The summed E-state index contributed by atoms with van der Waals surface area (Å²) < 4.78 is 13.0. The summed E-state index contributed by atoms with van der Waals surface area (Å²) in [5, 5.41) is 10.4. The lowest BCUT2D eigenvalue weighted by molar-refractivity contribution is 0.197. The Morgan fingerprint density at radius 3 is 2.79 bits per heavy atom. The molecule has 1 aliphatic heterocycles. The molecule has 124 valence electrons. The molecule has 1 saturated heterocycles. The van der Waals surface area contributed by atoms with Crippen LogP contribution in [0.25, 0.3) is 6.08 Å². The molecule has 0 radical (unpaired) electrons.